The Hall–Kier alpha value is -1.29. The molecule has 1 aliphatic carbocycles. The first-order valence-corrected chi connectivity index (χ1v) is 6.99. The number of aryl methyl sites for hydroxylation is 1. The lowest BCUT2D eigenvalue weighted by Crippen LogP contribution is -2.47. The van der Waals surface area contributed by atoms with Crippen molar-refractivity contribution in [2.75, 3.05) is 33.1 Å². The van der Waals surface area contributed by atoms with Crippen molar-refractivity contribution < 1.29 is 4.74 Å². The first-order valence-electron chi connectivity index (χ1n) is 6.99. The molecule has 1 aromatic heterocycles. The Kier molecular flexibility index (Phi) is 4.30. The quantitative estimate of drug-likeness (QED) is 0.886. The lowest BCUT2D eigenvalue weighted by atomic mass is 9.96. The smallest absolute Gasteiger partial charge is 0.160 e. The third-order valence-electron chi connectivity index (χ3n) is 4.31. The molecule has 1 N–H and O–H groups in total. The van der Waals surface area contributed by atoms with Crippen molar-refractivity contribution >= 4 is 5.69 Å². The largest absolute Gasteiger partial charge is 0.493 e. The number of pyridine rings is 1. The molecule has 0 radical (unpaired) electrons. The molecule has 1 fully saturated rings. The molecule has 1 heterocycles. The molecule has 1 aliphatic rings. The lowest BCUT2D eigenvalue weighted by Gasteiger charge is -2.37. The van der Waals surface area contributed by atoms with Gasteiger partial charge in [-0.25, -0.2) is 0 Å². The Bertz CT molecular complexity index is 425. The minimum atomic E-state index is 0.280. The van der Waals surface area contributed by atoms with Gasteiger partial charge in [0.05, 0.1) is 19.0 Å². The zero-order valence-corrected chi connectivity index (χ0v) is 12.5. The number of ether oxygens (including phenoxy) is 1. The molecule has 0 unspecified atom stereocenters. The van der Waals surface area contributed by atoms with Gasteiger partial charge in [0.1, 0.15) is 0 Å². The van der Waals surface area contributed by atoms with Gasteiger partial charge in [-0.2, -0.15) is 0 Å². The average molecular weight is 263 g/mol. The van der Waals surface area contributed by atoms with Crippen LogP contribution in [0, 0.1) is 6.92 Å². The molecule has 0 saturated heterocycles. The fourth-order valence-electron chi connectivity index (χ4n) is 2.92. The predicted octanol–water partition coefficient (Wildman–Crippen LogP) is 2.68. The lowest BCUT2D eigenvalue weighted by molar-refractivity contribution is 0.172. The Morgan fingerprint density at radius 3 is 2.63 bits per heavy atom. The maximum Gasteiger partial charge on any atom is 0.160 e. The topological polar surface area (TPSA) is 37.4 Å². The van der Waals surface area contributed by atoms with Gasteiger partial charge in [0.2, 0.25) is 0 Å². The van der Waals surface area contributed by atoms with Gasteiger partial charge >= 0.3 is 0 Å². The minimum absolute atomic E-state index is 0.280. The molecular weight excluding hydrogens is 238 g/mol. The van der Waals surface area contributed by atoms with E-state index in [9.17, 15) is 0 Å². The summed E-state index contributed by atoms with van der Waals surface area (Å²) in [5.74, 6) is 0.817. The molecule has 0 aromatic carbocycles. The van der Waals surface area contributed by atoms with E-state index in [1.807, 2.05) is 6.92 Å². The Labute approximate surface area is 116 Å². The summed E-state index contributed by atoms with van der Waals surface area (Å²) in [5.41, 5.74) is 2.33. The van der Waals surface area contributed by atoms with E-state index < -0.39 is 0 Å². The van der Waals surface area contributed by atoms with Gasteiger partial charge in [-0.1, -0.05) is 12.8 Å². The molecule has 4 nitrogen and oxygen atoms in total. The molecule has 4 heteroatoms. The summed E-state index contributed by atoms with van der Waals surface area (Å²) in [5, 5.41) is 3.56. The minimum Gasteiger partial charge on any atom is -0.493 e. The van der Waals surface area contributed by atoms with Crippen LogP contribution in [0.25, 0.3) is 0 Å². The number of hydrogen-bond donors (Lipinski definition) is 1. The van der Waals surface area contributed by atoms with Gasteiger partial charge in [-0.05, 0) is 39.9 Å². The van der Waals surface area contributed by atoms with Crippen molar-refractivity contribution in [1.29, 1.82) is 0 Å². The van der Waals surface area contributed by atoms with E-state index in [0.29, 0.717) is 0 Å². The number of hydrogen-bond acceptors (Lipinski definition) is 4. The summed E-state index contributed by atoms with van der Waals surface area (Å²) in [6.07, 6.45) is 6.96. The molecule has 1 saturated carbocycles. The number of rotatable bonds is 5. The third kappa shape index (κ3) is 3.00. The van der Waals surface area contributed by atoms with Crippen LogP contribution in [0.4, 0.5) is 5.69 Å². The number of aromatic nitrogens is 1. The molecular formula is C15H25N3O. The highest BCUT2D eigenvalue weighted by atomic mass is 16.5. The fourth-order valence-corrected chi connectivity index (χ4v) is 2.92. The first-order chi connectivity index (χ1) is 9.07. The first kappa shape index (κ1) is 14.1. The zero-order valence-electron chi connectivity index (χ0n) is 12.5. The molecule has 19 heavy (non-hydrogen) atoms. The standard InChI is InChI=1S/C15H25N3O/c1-12-9-13(14(19-4)10-16-12)17-11-15(18(2)3)7-5-6-8-15/h9-10H,5-8,11H2,1-4H3,(H,16,17). The number of methoxy groups -OCH3 is 1. The van der Waals surface area contributed by atoms with Crippen LogP contribution < -0.4 is 10.1 Å². The maximum atomic E-state index is 5.37. The third-order valence-corrected chi connectivity index (χ3v) is 4.31. The van der Waals surface area contributed by atoms with Gasteiger partial charge in [0, 0.05) is 17.8 Å². The second-order valence-corrected chi connectivity index (χ2v) is 5.71. The van der Waals surface area contributed by atoms with E-state index in [0.717, 1.165) is 23.7 Å². The molecule has 0 amide bonds. The van der Waals surface area contributed by atoms with Crippen LogP contribution in [0.1, 0.15) is 31.4 Å². The molecule has 0 atom stereocenters. The Morgan fingerprint density at radius 2 is 2.05 bits per heavy atom. The van der Waals surface area contributed by atoms with Gasteiger partial charge in [-0.15, -0.1) is 0 Å². The van der Waals surface area contributed by atoms with Crippen molar-refractivity contribution in [3.63, 3.8) is 0 Å². The molecule has 0 bridgehead atoms. The van der Waals surface area contributed by atoms with E-state index in [4.69, 9.17) is 4.74 Å². The van der Waals surface area contributed by atoms with Crippen molar-refractivity contribution in [1.82, 2.24) is 9.88 Å². The number of anilines is 1. The van der Waals surface area contributed by atoms with Crippen molar-refractivity contribution in [2.24, 2.45) is 0 Å². The molecule has 1 aromatic rings. The van der Waals surface area contributed by atoms with Crippen molar-refractivity contribution in [3.05, 3.63) is 18.0 Å². The second kappa shape index (κ2) is 5.78. The van der Waals surface area contributed by atoms with Crippen LogP contribution in [0.3, 0.4) is 0 Å². The Morgan fingerprint density at radius 1 is 1.37 bits per heavy atom. The molecule has 2 rings (SSSR count). The fraction of sp³-hybridized carbons (Fsp3) is 0.667. The highest BCUT2D eigenvalue weighted by Gasteiger charge is 2.35. The summed E-state index contributed by atoms with van der Waals surface area (Å²) in [4.78, 5) is 6.64. The summed E-state index contributed by atoms with van der Waals surface area (Å²) in [7, 11) is 6.05. The normalized spacial score (nSPS) is 17.7. The monoisotopic (exact) mass is 263 g/mol. The average Bonchev–Trinajstić information content (AvgIpc) is 2.86. The van der Waals surface area contributed by atoms with Crippen molar-refractivity contribution in [2.45, 2.75) is 38.1 Å². The molecule has 0 spiro atoms. The summed E-state index contributed by atoms with van der Waals surface area (Å²) < 4.78 is 5.37. The van der Waals surface area contributed by atoms with Gasteiger partial charge in [0.15, 0.2) is 5.75 Å². The number of nitrogens with zero attached hydrogens (tertiary/aromatic N) is 2. The predicted molar refractivity (Wildman–Crippen MR) is 78.9 cm³/mol. The van der Waals surface area contributed by atoms with Crippen LogP contribution in [-0.4, -0.2) is 43.2 Å². The highest BCUT2D eigenvalue weighted by Crippen LogP contribution is 2.35. The summed E-state index contributed by atoms with van der Waals surface area (Å²) in [6.45, 7) is 2.96. The van der Waals surface area contributed by atoms with E-state index >= 15 is 0 Å². The van der Waals surface area contributed by atoms with E-state index in [1.54, 1.807) is 13.3 Å². The second-order valence-electron chi connectivity index (χ2n) is 5.71. The SMILES string of the molecule is COc1cnc(C)cc1NCC1(N(C)C)CCCC1. The Balaban J connectivity index is 2.11. The van der Waals surface area contributed by atoms with Gasteiger partial charge in [0.25, 0.3) is 0 Å². The molecule has 106 valence electrons. The van der Waals surface area contributed by atoms with Crippen LogP contribution in [0.15, 0.2) is 12.3 Å². The summed E-state index contributed by atoms with van der Waals surface area (Å²) >= 11 is 0. The highest BCUT2D eigenvalue weighted by molar-refractivity contribution is 5.56. The van der Waals surface area contributed by atoms with Crippen molar-refractivity contribution in [3.8, 4) is 5.75 Å². The van der Waals surface area contributed by atoms with E-state index in [2.05, 4.69) is 35.4 Å². The van der Waals surface area contributed by atoms with Crippen LogP contribution >= 0.6 is 0 Å². The summed E-state index contributed by atoms with van der Waals surface area (Å²) in [6, 6.07) is 2.05. The van der Waals surface area contributed by atoms with Gasteiger partial charge < -0.3 is 15.0 Å². The number of nitrogens with one attached hydrogen (secondary N) is 1. The maximum absolute atomic E-state index is 5.37. The van der Waals surface area contributed by atoms with E-state index in [-0.39, 0.29) is 5.54 Å². The number of likely N-dealkylation sites (N-methyl/N-ethyl adjacent to an activating group) is 1. The van der Waals surface area contributed by atoms with E-state index in [1.165, 1.54) is 25.7 Å². The molecule has 0 aliphatic heterocycles. The zero-order chi connectivity index (χ0) is 13.9. The van der Waals surface area contributed by atoms with Gasteiger partial charge in [-0.3, -0.25) is 4.98 Å². The van der Waals surface area contributed by atoms with Crippen LogP contribution in [0.5, 0.6) is 5.75 Å². The van der Waals surface area contributed by atoms with Crippen LogP contribution in [0.2, 0.25) is 0 Å². The van der Waals surface area contributed by atoms with Crippen LogP contribution in [-0.2, 0) is 0 Å².